The van der Waals surface area contributed by atoms with Gasteiger partial charge in [-0.05, 0) is 18.2 Å². The summed E-state index contributed by atoms with van der Waals surface area (Å²) in [6, 6.07) is 4.02. The molecule has 0 unspecified atom stereocenters. The lowest BCUT2D eigenvalue weighted by Gasteiger charge is -2.34. The summed E-state index contributed by atoms with van der Waals surface area (Å²) in [5.74, 6) is -1.53. The monoisotopic (exact) mass is 719 g/mol. The number of alkyl halides is 3. The van der Waals surface area contributed by atoms with Gasteiger partial charge in [-0.25, -0.2) is 24.1 Å². The number of ether oxygens (including phenoxy) is 3. The summed E-state index contributed by atoms with van der Waals surface area (Å²) >= 11 is 0. The van der Waals surface area contributed by atoms with Crippen molar-refractivity contribution < 1.29 is 41.4 Å². The summed E-state index contributed by atoms with van der Waals surface area (Å²) < 4.78 is 75.0. The highest BCUT2D eigenvalue weighted by molar-refractivity contribution is 6.76. The Kier molecular flexibility index (Phi) is 11.5. The van der Waals surface area contributed by atoms with Crippen LogP contribution >= 0.6 is 0 Å². The molecule has 50 heavy (non-hydrogen) atoms. The summed E-state index contributed by atoms with van der Waals surface area (Å²) in [4.78, 5) is 41.9. The maximum Gasteiger partial charge on any atom is 0.417 e. The molecule has 12 nitrogen and oxygen atoms in total. The van der Waals surface area contributed by atoms with Crippen LogP contribution in [0.25, 0.3) is 11.1 Å². The molecule has 2 saturated heterocycles. The van der Waals surface area contributed by atoms with Gasteiger partial charge in [-0.2, -0.15) is 13.2 Å². The number of rotatable bonds is 10. The fraction of sp³-hybridized carbons (Fsp3) is 0.485. The van der Waals surface area contributed by atoms with E-state index in [2.05, 4.69) is 45.2 Å². The van der Waals surface area contributed by atoms with Gasteiger partial charge in [0.25, 0.3) is 5.91 Å². The number of pyridine rings is 1. The first-order valence-corrected chi connectivity index (χ1v) is 20.1. The molecule has 5 rings (SSSR count). The van der Waals surface area contributed by atoms with Crippen LogP contribution in [0.15, 0.2) is 36.8 Å². The van der Waals surface area contributed by atoms with Gasteiger partial charge in [-0.15, -0.1) is 0 Å². The zero-order valence-electron chi connectivity index (χ0n) is 28.4. The van der Waals surface area contributed by atoms with E-state index in [1.807, 2.05) is 4.90 Å². The maximum absolute atomic E-state index is 15.9. The first-order chi connectivity index (χ1) is 23.7. The van der Waals surface area contributed by atoms with E-state index in [-0.39, 0.29) is 35.5 Å². The van der Waals surface area contributed by atoms with Crippen molar-refractivity contribution in [1.82, 2.24) is 20.3 Å². The lowest BCUT2D eigenvalue weighted by molar-refractivity contribution is -0.138. The standard InChI is InChI=1S/C33H41F4N7O5Si/c1-38-32(46)49-22-5-7-43(8-6-22)28-17-26(34)23(21-18-40-31(41-19-21)44-9-11-47-12-10-44)15-27(28)42-30(45)24-20-39-29(16-25(24)33(35,36)37)48-13-14-50(2,3)4/h15-20,22H,5-14H2,1-4H3,(H,38,46)(H,42,45). The second-order valence-corrected chi connectivity index (χ2v) is 18.9. The number of halogens is 4. The Balaban J connectivity index is 1.46. The molecule has 270 valence electrons. The van der Waals surface area contributed by atoms with Gasteiger partial charge in [-0.1, -0.05) is 19.6 Å². The third kappa shape index (κ3) is 9.38. The Morgan fingerprint density at radius 2 is 1.66 bits per heavy atom. The molecule has 2 aromatic heterocycles. The van der Waals surface area contributed by atoms with Crippen molar-refractivity contribution in [2.45, 2.75) is 50.8 Å². The van der Waals surface area contributed by atoms with Crippen LogP contribution in [0.1, 0.15) is 28.8 Å². The topological polar surface area (TPSA) is 131 Å². The van der Waals surface area contributed by atoms with Gasteiger partial charge in [0, 0.05) is 89.9 Å². The van der Waals surface area contributed by atoms with Gasteiger partial charge < -0.3 is 34.6 Å². The molecule has 2 amide bonds. The fourth-order valence-corrected chi connectivity index (χ4v) is 6.25. The molecule has 0 radical (unpaired) electrons. The van der Waals surface area contributed by atoms with E-state index in [1.54, 1.807) is 4.90 Å². The minimum absolute atomic E-state index is 0.0377. The van der Waals surface area contributed by atoms with Crippen LogP contribution < -0.4 is 25.2 Å². The van der Waals surface area contributed by atoms with Crippen LogP contribution in [0.3, 0.4) is 0 Å². The summed E-state index contributed by atoms with van der Waals surface area (Å²) in [6.45, 7) is 9.44. The van der Waals surface area contributed by atoms with Crippen LogP contribution in [0.5, 0.6) is 5.88 Å². The molecule has 4 heterocycles. The average Bonchev–Trinajstić information content (AvgIpc) is 3.08. The number of anilines is 3. The highest BCUT2D eigenvalue weighted by Crippen LogP contribution is 2.38. The van der Waals surface area contributed by atoms with E-state index in [4.69, 9.17) is 14.2 Å². The lowest BCUT2D eigenvalue weighted by Crippen LogP contribution is -2.39. The summed E-state index contributed by atoms with van der Waals surface area (Å²) in [5, 5.41) is 5.00. The summed E-state index contributed by atoms with van der Waals surface area (Å²) in [6.07, 6.45) is -1.30. The van der Waals surface area contributed by atoms with Crippen molar-refractivity contribution in [2.75, 3.05) is 68.2 Å². The molecule has 0 atom stereocenters. The third-order valence-corrected chi connectivity index (χ3v) is 10.1. The van der Waals surface area contributed by atoms with Crippen LogP contribution in [-0.4, -0.2) is 94.2 Å². The van der Waals surface area contributed by atoms with E-state index in [0.717, 1.165) is 12.3 Å². The number of carbonyl (C=O) groups is 2. The molecule has 17 heteroatoms. The number of alkyl carbamates (subject to hydrolysis) is 1. The van der Waals surface area contributed by atoms with E-state index in [1.165, 1.54) is 31.6 Å². The molecule has 0 spiro atoms. The number of aromatic nitrogens is 3. The van der Waals surface area contributed by atoms with Crippen LogP contribution in [-0.2, 0) is 15.7 Å². The van der Waals surface area contributed by atoms with E-state index in [9.17, 15) is 22.8 Å². The first-order valence-electron chi connectivity index (χ1n) is 16.3. The molecule has 1 aromatic carbocycles. The molecule has 2 fully saturated rings. The van der Waals surface area contributed by atoms with Crippen LogP contribution in [0.2, 0.25) is 25.7 Å². The zero-order valence-corrected chi connectivity index (χ0v) is 29.4. The normalized spacial score (nSPS) is 15.8. The number of piperidine rings is 1. The smallest absolute Gasteiger partial charge is 0.417 e. The summed E-state index contributed by atoms with van der Waals surface area (Å²) in [5.41, 5.74) is -1.28. The molecule has 2 aliphatic rings. The fourth-order valence-electron chi connectivity index (χ4n) is 5.54. The molecule has 0 aliphatic carbocycles. The highest BCUT2D eigenvalue weighted by Gasteiger charge is 2.37. The third-order valence-electron chi connectivity index (χ3n) is 8.37. The molecule has 0 saturated carbocycles. The number of carbonyl (C=O) groups excluding carboxylic acids is 2. The van der Waals surface area contributed by atoms with Crippen LogP contribution in [0, 0.1) is 5.82 Å². The van der Waals surface area contributed by atoms with Gasteiger partial charge in [0.05, 0.1) is 42.3 Å². The summed E-state index contributed by atoms with van der Waals surface area (Å²) in [7, 11) is -0.0687. The predicted octanol–water partition coefficient (Wildman–Crippen LogP) is 5.83. The molecular weight excluding hydrogens is 678 g/mol. The Bertz CT molecular complexity index is 1660. The van der Waals surface area contributed by atoms with Gasteiger partial charge in [0.2, 0.25) is 11.8 Å². The van der Waals surface area contributed by atoms with Gasteiger partial charge in [-0.3, -0.25) is 4.79 Å². The van der Waals surface area contributed by atoms with E-state index in [0.29, 0.717) is 69.8 Å². The van der Waals surface area contributed by atoms with Crippen molar-refractivity contribution in [2.24, 2.45) is 0 Å². The molecule has 2 aliphatic heterocycles. The molecular formula is C33H41F4N7O5Si. The number of nitrogens with zero attached hydrogens (tertiary/aromatic N) is 5. The SMILES string of the molecule is CNC(=O)OC1CCN(c2cc(F)c(-c3cnc(N4CCOCC4)nc3)cc2NC(=O)c2cnc(OCC[Si](C)(C)C)cc2C(F)(F)F)CC1. The second kappa shape index (κ2) is 15.6. The molecule has 0 bridgehead atoms. The van der Waals surface area contributed by atoms with Gasteiger partial charge >= 0.3 is 12.3 Å². The highest BCUT2D eigenvalue weighted by atomic mass is 28.3. The molecule has 3 aromatic rings. The van der Waals surface area contributed by atoms with Crippen molar-refractivity contribution in [1.29, 1.82) is 0 Å². The maximum atomic E-state index is 15.9. The minimum Gasteiger partial charge on any atom is -0.478 e. The number of hydrogen-bond donors (Lipinski definition) is 2. The number of hydrogen-bond acceptors (Lipinski definition) is 10. The van der Waals surface area contributed by atoms with E-state index >= 15 is 4.39 Å². The number of morpholine rings is 1. The number of amides is 2. The first kappa shape index (κ1) is 36.8. The second-order valence-electron chi connectivity index (χ2n) is 13.2. The van der Waals surface area contributed by atoms with Crippen molar-refractivity contribution in [3.05, 3.63) is 53.7 Å². The Morgan fingerprint density at radius 3 is 2.28 bits per heavy atom. The van der Waals surface area contributed by atoms with Crippen molar-refractivity contribution in [3.8, 4) is 17.0 Å². The Labute approximate surface area is 288 Å². The average molecular weight is 720 g/mol. The molecule has 2 N–H and O–H groups in total. The quantitative estimate of drug-likeness (QED) is 0.195. The van der Waals surface area contributed by atoms with Crippen LogP contribution in [0.4, 0.5) is 39.7 Å². The Hall–Kier alpha value is -4.51. The van der Waals surface area contributed by atoms with E-state index < -0.39 is 43.2 Å². The largest absolute Gasteiger partial charge is 0.478 e. The van der Waals surface area contributed by atoms with Crippen molar-refractivity contribution in [3.63, 3.8) is 0 Å². The van der Waals surface area contributed by atoms with Gasteiger partial charge in [0.1, 0.15) is 11.9 Å². The number of benzene rings is 1. The van der Waals surface area contributed by atoms with Gasteiger partial charge in [0.15, 0.2) is 0 Å². The lowest BCUT2D eigenvalue weighted by atomic mass is 10.0. The zero-order chi connectivity index (χ0) is 36.1. The Morgan fingerprint density at radius 1 is 0.980 bits per heavy atom. The number of nitrogens with one attached hydrogen (secondary N) is 2. The minimum atomic E-state index is -4.89. The predicted molar refractivity (Wildman–Crippen MR) is 182 cm³/mol. The van der Waals surface area contributed by atoms with Crippen molar-refractivity contribution >= 4 is 37.4 Å².